The molecule has 1 aromatic rings. The van der Waals surface area contributed by atoms with Gasteiger partial charge in [-0.05, 0) is 56.1 Å². The second-order valence-corrected chi connectivity index (χ2v) is 7.44. The van der Waals surface area contributed by atoms with Gasteiger partial charge in [0.1, 0.15) is 0 Å². The number of anilines is 1. The van der Waals surface area contributed by atoms with Gasteiger partial charge in [0.25, 0.3) is 0 Å². The van der Waals surface area contributed by atoms with Crippen molar-refractivity contribution in [2.45, 2.75) is 33.1 Å². The standard InChI is InChI=1S/C14H23BrN2O2S/c1-3-8-16-9-5-10-20(18,19)17-14-7-6-13(15)11-12(14)4-2/h6-7,11,16-17H,3-5,8-10H2,1-2H3. The fourth-order valence-electron chi connectivity index (χ4n) is 1.86. The molecule has 0 aromatic heterocycles. The van der Waals surface area contributed by atoms with Crippen molar-refractivity contribution in [3.8, 4) is 0 Å². The van der Waals surface area contributed by atoms with E-state index in [-0.39, 0.29) is 5.75 Å². The highest BCUT2D eigenvalue weighted by molar-refractivity contribution is 9.10. The minimum atomic E-state index is -3.27. The molecule has 4 nitrogen and oxygen atoms in total. The summed E-state index contributed by atoms with van der Waals surface area (Å²) in [4.78, 5) is 0. The fourth-order valence-corrected chi connectivity index (χ4v) is 3.43. The predicted molar refractivity (Wildman–Crippen MR) is 88.7 cm³/mol. The van der Waals surface area contributed by atoms with Crippen LogP contribution in [0, 0.1) is 0 Å². The van der Waals surface area contributed by atoms with Crippen LogP contribution in [-0.4, -0.2) is 27.3 Å². The van der Waals surface area contributed by atoms with Gasteiger partial charge in [-0.3, -0.25) is 4.72 Å². The lowest BCUT2D eigenvalue weighted by Crippen LogP contribution is -2.22. The SMILES string of the molecule is CCCNCCCS(=O)(=O)Nc1ccc(Br)cc1CC. The molecule has 2 N–H and O–H groups in total. The van der Waals surface area contributed by atoms with Crippen LogP contribution in [0.2, 0.25) is 0 Å². The molecule has 1 rings (SSSR count). The van der Waals surface area contributed by atoms with Crippen LogP contribution >= 0.6 is 15.9 Å². The zero-order chi connectivity index (χ0) is 15.0. The fraction of sp³-hybridized carbons (Fsp3) is 0.571. The van der Waals surface area contributed by atoms with Crippen LogP contribution in [0.5, 0.6) is 0 Å². The monoisotopic (exact) mass is 362 g/mol. The van der Waals surface area contributed by atoms with E-state index in [1.807, 2.05) is 19.1 Å². The summed E-state index contributed by atoms with van der Waals surface area (Å²) in [6, 6.07) is 5.59. The van der Waals surface area contributed by atoms with Crippen LogP contribution in [0.15, 0.2) is 22.7 Å². The number of halogens is 1. The van der Waals surface area contributed by atoms with Gasteiger partial charge in [-0.1, -0.05) is 29.8 Å². The largest absolute Gasteiger partial charge is 0.317 e. The van der Waals surface area contributed by atoms with Crippen LogP contribution in [0.4, 0.5) is 5.69 Å². The Morgan fingerprint density at radius 1 is 1.20 bits per heavy atom. The Morgan fingerprint density at radius 3 is 2.60 bits per heavy atom. The van der Waals surface area contributed by atoms with E-state index in [9.17, 15) is 8.42 Å². The maximum absolute atomic E-state index is 12.0. The lowest BCUT2D eigenvalue weighted by Gasteiger charge is -2.12. The van der Waals surface area contributed by atoms with Gasteiger partial charge in [0.05, 0.1) is 11.4 Å². The van der Waals surface area contributed by atoms with E-state index < -0.39 is 10.0 Å². The first-order chi connectivity index (χ1) is 9.48. The summed E-state index contributed by atoms with van der Waals surface area (Å²) in [5, 5.41) is 3.20. The number of rotatable bonds is 9. The highest BCUT2D eigenvalue weighted by Gasteiger charge is 2.12. The van der Waals surface area contributed by atoms with Crippen LogP contribution in [0.1, 0.15) is 32.3 Å². The molecule has 0 aliphatic carbocycles. The highest BCUT2D eigenvalue weighted by atomic mass is 79.9. The molecule has 0 bridgehead atoms. The van der Waals surface area contributed by atoms with E-state index in [2.05, 4.69) is 32.9 Å². The molecule has 0 saturated heterocycles. The van der Waals surface area contributed by atoms with Crippen molar-refractivity contribution < 1.29 is 8.42 Å². The van der Waals surface area contributed by atoms with E-state index in [1.54, 1.807) is 6.07 Å². The molecule has 0 aliphatic rings. The van der Waals surface area contributed by atoms with Crippen LogP contribution in [0.3, 0.4) is 0 Å². The molecule has 0 heterocycles. The van der Waals surface area contributed by atoms with E-state index in [1.165, 1.54) is 0 Å². The second-order valence-electron chi connectivity index (χ2n) is 4.68. The van der Waals surface area contributed by atoms with Gasteiger partial charge in [-0.25, -0.2) is 8.42 Å². The molecule has 0 atom stereocenters. The molecule has 0 fully saturated rings. The third-order valence-corrected chi connectivity index (χ3v) is 4.76. The van der Waals surface area contributed by atoms with Crippen molar-refractivity contribution in [1.82, 2.24) is 5.32 Å². The third kappa shape index (κ3) is 6.24. The van der Waals surface area contributed by atoms with E-state index in [4.69, 9.17) is 0 Å². The molecule has 0 aliphatic heterocycles. The molecule has 0 spiro atoms. The van der Waals surface area contributed by atoms with Gasteiger partial charge in [0.15, 0.2) is 0 Å². The number of hydrogen-bond donors (Lipinski definition) is 2. The Morgan fingerprint density at radius 2 is 1.95 bits per heavy atom. The third-order valence-electron chi connectivity index (χ3n) is 2.91. The number of sulfonamides is 1. The molecule has 114 valence electrons. The Bertz CT molecular complexity index is 518. The van der Waals surface area contributed by atoms with E-state index >= 15 is 0 Å². The van der Waals surface area contributed by atoms with Crippen LogP contribution < -0.4 is 10.0 Å². The molecular formula is C14H23BrN2O2S. The minimum Gasteiger partial charge on any atom is -0.317 e. The molecular weight excluding hydrogens is 340 g/mol. The summed E-state index contributed by atoms with van der Waals surface area (Å²) in [6.07, 6.45) is 2.46. The quantitative estimate of drug-likeness (QED) is 0.663. The second kappa shape index (κ2) is 8.64. The Hall–Kier alpha value is -0.590. The first-order valence-corrected chi connectivity index (χ1v) is 9.42. The smallest absolute Gasteiger partial charge is 0.232 e. The summed E-state index contributed by atoms with van der Waals surface area (Å²) in [7, 11) is -3.27. The summed E-state index contributed by atoms with van der Waals surface area (Å²) in [5.41, 5.74) is 1.67. The van der Waals surface area contributed by atoms with Gasteiger partial charge in [0, 0.05) is 4.47 Å². The summed E-state index contributed by atoms with van der Waals surface area (Å²) in [6.45, 7) is 5.76. The molecule has 0 unspecified atom stereocenters. The Balaban J connectivity index is 2.58. The van der Waals surface area contributed by atoms with Gasteiger partial charge in [0.2, 0.25) is 10.0 Å². The van der Waals surface area contributed by atoms with Crippen molar-refractivity contribution in [3.63, 3.8) is 0 Å². The summed E-state index contributed by atoms with van der Waals surface area (Å²) >= 11 is 3.40. The van der Waals surface area contributed by atoms with E-state index in [0.717, 1.165) is 36.0 Å². The molecule has 0 saturated carbocycles. The van der Waals surface area contributed by atoms with Gasteiger partial charge in [-0.2, -0.15) is 0 Å². The Labute approximate surface area is 130 Å². The number of nitrogens with one attached hydrogen (secondary N) is 2. The van der Waals surface area contributed by atoms with Gasteiger partial charge < -0.3 is 5.32 Å². The van der Waals surface area contributed by atoms with Crippen molar-refractivity contribution in [2.75, 3.05) is 23.6 Å². The van der Waals surface area contributed by atoms with Crippen LogP contribution in [0.25, 0.3) is 0 Å². The maximum atomic E-state index is 12.0. The van der Waals surface area contributed by atoms with E-state index in [0.29, 0.717) is 12.1 Å². The average Bonchev–Trinajstić information content (AvgIpc) is 2.40. The molecule has 6 heteroatoms. The van der Waals surface area contributed by atoms with Crippen molar-refractivity contribution in [3.05, 3.63) is 28.2 Å². The van der Waals surface area contributed by atoms with Crippen molar-refractivity contribution in [2.24, 2.45) is 0 Å². The summed E-state index contributed by atoms with van der Waals surface area (Å²) < 4.78 is 27.7. The Kier molecular flexibility index (Phi) is 7.55. The van der Waals surface area contributed by atoms with Crippen molar-refractivity contribution >= 4 is 31.6 Å². The summed E-state index contributed by atoms with van der Waals surface area (Å²) in [5.74, 6) is 0.142. The number of hydrogen-bond acceptors (Lipinski definition) is 3. The molecule has 1 aromatic carbocycles. The lowest BCUT2D eigenvalue weighted by atomic mass is 10.1. The molecule has 0 amide bonds. The van der Waals surface area contributed by atoms with Crippen molar-refractivity contribution in [1.29, 1.82) is 0 Å². The first-order valence-electron chi connectivity index (χ1n) is 6.98. The minimum absolute atomic E-state index is 0.142. The average molecular weight is 363 g/mol. The number of benzene rings is 1. The number of aryl methyl sites for hydroxylation is 1. The zero-order valence-electron chi connectivity index (χ0n) is 12.1. The molecule has 20 heavy (non-hydrogen) atoms. The highest BCUT2D eigenvalue weighted by Crippen LogP contribution is 2.22. The maximum Gasteiger partial charge on any atom is 0.232 e. The normalized spacial score (nSPS) is 11.6. The molecule has 0 radical (unpaired) electrons. The van der Waals surface area contributed by atoms with Gasteiger partial charge >= 0.3 is 0 Å². The zero-order valence-corrected chi connectivity index (χ0v) is 14.5. The first kappa shape index (κ1) is 17.5. The predicted octanol–water partition coefficient (Wildman–Crippen LogP) is 3.14. The topological polar surface area (TPSA) is 58.2 Å². The lowest BCUT2D eigenvalue weighted by molar-refractivity contribution is 0.593. The van der Waals surface area contributed by atoms with Gasteiger partial charge in [-0.15, -0.1) is 0 Å². The van der Waals surface area contributed by atoms with Crippen LogP contribution in [-0.2, 0) is 16.4 Å².